The second-order valence-electron chi connectivity index (χ2n) is 4.39. The van der Waals surface area contributed by atoms with Crippen molar-refractivity contribution in [3.63, 3.8) is 0 Å². The van der Waals surface area contributed by atoms with Crippen molar-refractivity contribution in [1.29, 1.82) is 0 Å². The minimum absolute atomic E-state index is 0.0104. The molecule has 116 valence electrons. The van der Waals surface area contributed by atoms with Crippen molar-refractivity contribution in [2.75, 3.05) is 23.1 Å². The van der Waals surface area contributed by atoms with Gasteiger partial charge in [0, 0.05) is 5.69 Å². The first-order valence-electron chi connectivity index (χ1n) is 6.68. The van der Waals surface area contributed by atoms with Crippen LogP contribution in [-0.4, -0.2) is 28.3 Å². The SMILES string of the molecule is CCOC(=O)c1nc(N)n(NC(=O)Nc2ccccc2)c1C. The Bertz CT molecular complexity index is 681. The third kappa shape index (κ3) is 3.35. The molecule has 2 aromatic rings. The largest absolute Gasteiger partial charge is 0.461 e. The highest BCUT2D eigenvalue weighted by Crippen LogP contribution is 2.13. The number of carbonyl (C=O) groups is 2. The number of para-hydroxylation sites is 1. The van der Waals surface area contributed by atoms with E-state index in [9.17, 15) is 9.59 Å². The van der Waals surface area contributed by atoms with Crippen LogP contribution in [0.3, 0.4) is 0 Å². The number of imidazole rings is 1. The van der Waals surface area contributed by atoms with E-state index in [0.717, 1.165) is 0 Å². The molecule has 8 heteroatoms. The van der Waals surface area contributed by atoms with Crippen LogP contribution in [0.1, 0.15) is 23.1 Å². The highest BCUT2D eigenvalue weighted by atomic mass is 16.5. The normalized spacial score (nSPS) is 10.1. The predicted molar refractivity (Wildman–Crippen MR) is 82.2 cm³/mol. The third-order valence-corrected chi connectivity index (χ3v) is 2.85. The van der Waals surface area contributed by atoms with Crippen molar-refractivity contribution in [2.24, 2.45) is 0 Å². The van der Waals surface area contributed by atoms with E-state index < -0.39 is 12.0 Å². The number of benzene rings is 1. The molecule has 0 spiro atoms. The summed E-state index contributed by atoms with van der Waals surface area (Å²) in [5, 5.41) is 2.64. The molecule has 0 atom stereocenters. The molecule has 8 nitrogen and oxygen atoms in total. The van der Waals surface area contributed by atoms with E-state index in [4.69, 9.17) is 10.5 Å². The van der Waals surface area contributed by atoms with Crippen molar-refractivity contribution < 1.29 is 14.3 Å². The summed E-state index contributed by atoms with van der Waals surface area (Å²) in [4.78, 5) is 27.6. The van der Waals surface area contributed by atoms with Crippen molar-refractivity contribution in [3.05, 3.63) is 41.7 Å². The Balaban J connectivity index is 2.13. The molecular formula is C14H17N5O3. The molecule has 0 saturated heterocycles. The second-order valence-corrected chi connectivity index (χ2v) is 4.39. The van der Waals surface area contributed by atoms with E-state index in [2.05, 4.69) is 15.7 Å². The van der Waals surface area contributed by atoms with Crippen LogP contribution in [0.25, 0.3) is 0 Å². The number of anilines is 2. The lowest BCUT2D eigenvalue weighted by molar-refractivity contribution is 0.0519. The topological polar surface area (TPSA) is 111 Å². The number of nitrogens with zero attached hydrogens (tertiary/aromatic N) is 2. The summed E-state index contributed by atoms with van der Waals surface area (Å²) in [6, 6.07) is 8.42. The molecule has 1 aromatic carbocycles. The molecule has 1 heterocycles. The summed E-state index contributed by atoms with van der Waals surface area (Å²) < 4.78 is 6.11. The number of nitrogens with two attached hydrogens (primary N) is 1. The molecule has 0 fully saturated rings. The quantitative estimate of drug-likeness (QED) is 0.745. The van der Waals surface area contributed by atoms with Crippen LogP contribution in [0.4, 0.5) is 16.4 Å². The van der Waals surface area contributed by atoms with Crippen LogP contribution in [0.15, 0.2) is 30.3 Å². The van der Waals surface area contributed by atoms with Crippen LogP contribution >= 0.6 is 0 Å². The van der Waals surface area contributed by atoms with Crippen LogP contribution < -0.4 is 16.5 Å². The van der Waals surface area contributed by atoms with Crippen LogP contribution in [0, 0.1) is 6.92 Å². The lowest BCUT2D eigenvalue weighted by Gasteiger charge is -2.11. The monoisotopic (exact) mass is 303 g/mol. The lowest BCUT2D eigenvalue weighted by Crippen LogP contribution is -2.29. The van der Waals surface area contributed by atoms with Crippen LogP contribution in [-0.2, 0) is 4.74 Å². The molecule has 0 aliphatic carbocycles. The fourth-order valence-corrected chi connectivity index (χ4v) is 1.84. The minimum atomic E-state index is -0.587. The van der Waals surface area contributed by atoms with Gasteiger partial charge in [0.2, 0.25) is 5.95 Å². The van der Waals surface area contributed by atoms with E-state index in [1.54, 1.807) is 38.1 Å². The van der Waals surface area contributed by atoms with E-state index in [0.29, 0.717) is 11.4 Å². The number of amides is 2. The van der Waals surface area contributed by atoms with E-state index >= 15 is 0 Å². The Morgan fingerprint density at radius 3 is 2.64 bits per heavy atom. The first-order chi connectivity index (χ1) is 10.5. The summed E-state index contributed by atoms with van der Waals surface area (Å²) in [7, 11) is 0. The van der Waals surface area contributed by atoms with Crippen LogP contribution in [0.2, 0.25) is 0 Å². The van der Waals surface area contributed by atoms with Crippen LogP contribution in [0.5, 0.6) is 0 Å². The van der Waals surface area contributed by atoms with E-state index in [1.165, 1.54) is 4.68 Å². The number of rotatable bonds is 4. The molecule has 0 radical (unpaired) electrons. The summed E-state index contributed by atoms with van der Waals surface area (Å²) in [5.74, 6) is -0.598. The molecule has 0 aliphatic rings. The maximum absolute atomic E-state index is 11.9. The van der Waals surface area contributed by atoms with Gasteiger partial charge in [-0.3, -0.25) is 0 Å². The van der Waals surface area contributed by atoms with Gasteiger partial charge in [-0.15, -0.1) is 0 Å². The maximum Gasteiger partial charge on any atom is 0.358 e. The Morgan fingerprint density at radius 1 is 1.32 bits per heavy atom. The van der Waals surface area contributed by atoms with Gasteiger partial charge in [-0.2, -0.15) is 0 Å². The molecule has 0 aliphatic heterocycles. The van der Waals surface area contributed by atoms with Crippen molar-refractivity contribution in [1.82, 2.24) is 9.66 Å². The third-order valence-electron chi connectivity index (χ3n) is 2.85. The number of ether oxygens (including phenoxy) is 1. The number of aromatic nitrogens is 2. The van der Waals surface area contributed by atoms with E-state index in [1.807, 2.05) is 6.07 Å². The number of urea groups is 1. The molecule has 2 rings (SSSR count). The van der Waals surface area contributed by atoms with Gasteiger partial charge < -0.3 is 15.8 Å². The highest BCUT2D eigenvalue weighted by Gasteiger charge is 2.20. The molecule has 0 saturated carbocycles. The predicted octanol–water partition coefficient (Wildman–Crippen LogP) is 1.73. The molecule has 1 aromatic heterocycles. The first-order valence-corrected chi connectivity index (χ1v) is 6.68. The van der Waals surface area contributed by atoms with Crippen molar-refractivity contribution in [2.45, 2.75) is 13.8 Å². The minimum Gasteiger partial charge on any atom is -0.461 e. The fraction of sp³-hybridized carbons (Fsp3) is 0.214. The Kier molecular flexibility index (Phi) is 4.62. The highest BCUT2D eigenvalue weighted by molar-refractivity contribution is 5.96. The zero-order chi connectivity index (χ0) is 16.1. The number of nitrogen functional groups attached to an aromatic ring is 1. The van der Waals surface area contributed by atoms with Gasteiger partial charge in [-0.05, 0) is 26.0 Å². The average molecular weight is 303 g/mol. The van der Waals surface area contributed by atoms with Gasteiger partial charge in [-0.25, -0.2) is 24.7 Å². The number of esters is 1. The standard InChI is InChI=1S/C14H17N5O3/c1-3-22-12(20)11-9(2)19(13(15)17-11)18-14(21)16-10-7-5-4-6-8-10/h4-8H,3H2,1-2H3,(H2,15,17)(H2,16,18,21). The van der Waals surface area contributed by atoms with Gasteiger partial charge in [0.25, 0.3) is 0 Å². The smallest absolute Gasteiger partial charge is 0.358 e. The molecule has 2 amide bonds. The number of hydrogen-bond acceptors (Lipinski definition) is 5. The molecule has 0 unspecified atom stereocenters. The number of carbonyl (C=O) groups excluding carboxylic acids is 2. The van der Waals surface area contributed by atoms with E-state index in [-0.39, 0.29) is 18.2 Å². The van der Waals surface area contributed by atoms with Gasteiger partial charge in [0.05, 0.1) is 12.3 Å². The van der Waals surface area contributed by atoms with Gasteiger partial charge >= 0.3 is 12.0 Å². The molecule has 0 bridgehead atoms. The maximum atomic E-state index is 11.9. The summed E-state index contributed by atoms with van der Waals surface area (Å²) in [6.45, 7) is 3.53. The molecule has 22 heavy (non-hydrogen) atoms. The van der Waals surface area contributed by atoms with Crippen molar-refractivity contribution in [3.8, 4) is 0 Å². The second kappa shape index (κ2) is 6.61. The van der Waals surface area contributed by atoms with Gasteiger partial charge in [0.15, 0.2) is 5.69 Å². The molecular weight excluding hydrogens is 286 g/mol. The van der Waals surface area contributed by atoms with Crippen molar-refractivity contribution >= 4 is 23.6 Å². The zero-order valence-corrected chi connectivity index (χ0v) is 12.3. The van der Waals surface area contributed by atoms with Gasteiger partial charge in [0.1, 0.15) is 0 Å². The van der Waals surface area contributed by atoms with Gasteiger partial charge in [-0.1, -0.05) is 18.2 Å². The lowest BCUT2D eigenvalue weighted by atomic mass is 10.3. The Hall–Kier alpha value is -3.03. The number of nitrogens with one attached hydrogen (secondary N) is 2. The fourth-order valence-electron chi connectivity index (χ4n) is 1.84. The molecule has 4 N–H and O–H groups in total. The summed E-state index contributed by atoms with van der Waals surface area (Å²) >= 11 is 0. The summed E-state index contributed by atoms with van der Waals surface area (Å²) in [5.41, 5.74) is 9.32. The Morgan fingerprint density at radius 2 is 2.00 bits per heavy atom. The summed E-state index contributed by atoms with van der Waals surface area (Å²) in [6.07, 6.45) is 0. The first kappa shape index (κ1) is 15.4. The number of hydrogen-bond donors (Lipinski definition) is 3. The average Bonchev–Trinajstić information content (AvgIpc) is 2.77. The Labute approximate surface area is 127 Å². The zero-order valence-electron chi connectivity index (χ0n) is 12.3.